The molecule has 0 aliphatic carbocycles. The van der Waals surface area contributed by atoms with Gasteiger partial charge in [-0.25, -0.2) is 4.79 Å². The third-order valence-electron chi connectivity index (χ3n) is 2.17. The molecule has 0 saturated heterocycles. The van der Waals surface area contributed by atoms with E-state index in [0.29, 0.717) is 6.42 Å². The van der Waals surface area contributed by atoms with Crippen molar-refractivity contribution in [3.63, 3.8) is 0 Å². The molecule has 5 heteroatoms. The number of methoxy groups -OCH3 is 1. The van der Waals surface area contributed by atoms with E-state index in [4.69, 9.17) is 9.84 Å². The van der Waals surface area contributed by atoms with Crippen LogP contribution in [0.1, 0.15) is 19.4 Å². The van der Waals surface area contributed by atoms with Gasteiger partial charge in [0.15, 0.2) is 5.75 Å². The van der Waals surface area contributed by atoms with Crippen molar-refractivity contribution in [2.75, 3.05) is 7.11 Å². The fraction of sp³-hybridized carbons (Fsp3) is 0.400. The van der Waals surface area contributed by atoms with E-state index in [9.17, 15) is 9.59 Å². The molecule has 0 bridgehead atoms. The molecule has 82 valence electrons. The number of rotatable bonds is 4. The molecule has 1 aromatic heterocycles. The maximum atomic E-state index is 11.7. The van der Waals surface area contributed by atoms with Crippen molar-refractivity contribution >= 4 is 5.97 Å². The summed E-state index contributed by atoms with van der Waals surface area (Å²) in [7, 11) is 1.38. The van der Waals surface area contributed by atoms with Crippen LogP contribution in [0.5, 0.6) is 5.75 Å². The summed E-state index contributed by atoms with van der Waals surface area (Å²) in [6.45, 7) is 1.71. The quantitative estimate of drug-likeness (QED) is 0.803. The van der Waals surface area contributed by atoms with E-state index in [0.717, 1.165) is 0 Å². The van der Waals surface area contributed by atoms with Gasteiger partial charge in [-0.3, -0.25) is 9.36 Å². The highest BCUT2D eigenvalue weighted by atomic mass is 16.5. The van der Waals surface area contributed by atoms with Gasteiger partial charge in [0, 0.05) is 6.20 Å². The van der Waals surface area contributed by atoms with Crippen LogP contribution in [0.3, 0.4) is 0 Å². The SMILES string of the molecule is CCC(C(=O)O)n1cccc(OC)c1=O. The minimum absolute atomic E-state index is 0.150. The monoisotopic (exact) mass is 211 g/mol. The van der Waals surface area contributed by atoms with E-state index < -0.39 is 17.6 Å². The van der Waals surface area contributed by atoms with Crippen LogP contribution in [0.25, 0.3) is 0 Å². The molecule has 0 fully saturated rings. The molecule has 5 nitrogen and oxygen atoms in total. The second-order valence-corrected chi connectivity index (χ2v) is 3.05. The van der Waals surface area contributed by atoms with Gasteiger partial charge in [-0.15, -0.1) is 0 Å². The molecule has 0 aliphatic rings. The van der Waals surface area contributed by atoms with Crippen LogP contribution >= 0.6 is 0 Å². The van der Waals surface area contributed by atoms with Crippen LogP contribution in [0.15, 0.2) is 23.1 Å². The summed E-state index contributed by atoms with van der Waals surface area (Å²) in [5.41, 5.74) is -0.422. The van der Waals surface area contributed by atoms with Crippen LogP contribution in [-0.2, 0) is 4.79 Å². The molecule has 1 rings (SSSR count). The number of carboxylic acid groups (broad SMARTS) is 1. The Labute approximate surface area is 86.9 Å². The van der Waals surface area contributed by atoms with Gasteiger partial charge >= 0.3 is 5.97 Å². The van der Waals surface area contributed by atoms with Gasteiger partial charge in [0.1, 0.15) is 6.04 Å². The number of aliphatic carboxylic acids is 1. The van der Waals surface area contributed by atoms with Crippen LogP contribution < -0.4 is 10.3 Å². The first-order valence-electron chi connectivity index (χ1n) is 4.59. The average molecular weight is 211 g/mol. The predicted octanol–water partition coefficient (Wildman–Crippen LogP) is 0.893. The van der Waals surface area contributed by atoms with Crippen LogP contribution in [-0.4, -0.2) is 22.8 Å². The maximum Gasteiger partial charge on any atom is 0.326 e. The third kappa shape index (κ3) is 2.18. The Morgan fingerprint density at radius 3 is 2.80 bits per heavy atom. The number of ether oxygens (including phenoxy) is 1. The molecular formula is C10H13NO4. The van der Waals surface area contributed by atoms with Gasteiger partial charge in [-0.1, -0.05) is 6.92 Å². The molecular weight excluding hydrogens is 198 g/mol. The van der Waals surface area contributed by atoms with Crippen molar-refractivity contribution in [1.82, 2.24) is 4.57 Å². The largest absolute Gasteiger partial charge is 0.491 e. The van der Waals surface area contributed by atoms with Crippen LogP contribution in [0.4, 0.5) is 0 Å². The number of hydrogen-bond donors (Lipinski definition) is 1. The molecule has 0 saturated carbocycles. The summed E-state index contributed by atoms with van der Waals surface area (Å²) >= 11 is 0. The van der Waals surface area contributed by atoms with E-state index in [-0.39, 0.29) is 5.75 Å². The van der Waals surface area contributed by atoms with Gasteiger partial charge in [-0.05, 0) is 18.6 Å². The van der Waals surface area contributed by atoms with Gasteiger partial charge in [-0.2, -0.15) is 0 Å². The summed E-state index contributed by atoms with van der Waals surface area (Å²) in [5, 5.41) is 8.91. The summed E-state index contributed by atoms with van der Waals surface area (Å²) in [6.07, 6.45) is 1.80. The fourth-order valence-corrected chi connectivity index (χ4v) is 1.38. The van der Waals surface area contributed by atoms with Crippen molar-refractivity contribution in [3.05, 3.63) is 28.7 Å². The number of aromatic nitrogens is 1. The molecule has 1 heterocycles. The van der Waals surface area contributed by atoms with Gasteiger partial charge in [0.05, 0.1) is 7.11 Å². The van der Waals surface area contributed by atoms with E-state index in [2.05, 4.69) is 0 Å². The predicted molar refractivity (Wildman–Crippen MR) is 54.2 cm³/mol. The molecule has 1 atom stereocenters. The number of nitrogens with zero attached hydrogens (tertiary/aromatic N) is 1. The minimum atomic E-state index is -1.02. The fourth-order valence-electron chi connectivity index (χ4n) is 1.38. The molecule has 1 unspecified atom stereocenters. The number of pyridine rings is 1. The Bertz CT molecular complexity index is 410. The first-order valence-corrected chi connectivity index (χ1v) is 4.59. The molecule has 0 radical (unpaired) electrons. The molecule has 15 heavy (non-hydrogen) atoms. The molecule has 0 spiro atoms. The summed E-state index contributed by atoms with van der Waals surface area (Å²) < 4.78 is 6.00. The van der Waals surface area contributed by atoms with E-state index in [1.165, 1.54) is 23.9 Å². The topological polar surface area (TPSA) is 68.5 Å². The highest BCUT2D eigenvalue weighted by Crippen LogP contribution is 2.10. The van der Waals surface area contributed by atoms with Crippen molar-refractivity contribution in [3.8, 4) is 5.75 Å². The molecule has 0 aromatic carbocycles. The summed E-state index contributed by atoms with van der Waals surface area (Å²) in [5.74, 6) is -0.870. The van der Waals surface area contributed by atoms with Crippen molar-refractivity contribution in [1.29, 1.82) is 0 Å². The van der Waals surface area contributed by atoms with E-state index >= 15 is 0 Å². The van der Waals surface area contributed by atoms with Crippen LogP contribution in [0, 0.1) is 0 Å². The smallest absolute Gasteiger partial charge is 0.326 e. The Kier molecular flexibility index (Phi) is 3.49. The van der Waals surface area contributed by atoms with E-state index in [1.807, 2.05) is 0 Å². The zero-order valence-electron chi connectivity index (χ0n) is 8.64. The third-order valence-corrected chi connectivity index (χ3v) is 2.17. The van der Waals surface area contributed by atoms with Crippen LogP contribution in [0.2, 0.25) is 0 Å². The Balaban J connectivity index is 3.24. The maximum absolute atomic E-state index is 11.7. The zero-order chi connectivity index (χ0) is 11.4. The van der Waals surface area contributed by atoms with Gasteiger partial charge in [0.25, 0.3) is 5.56 Å². The molecule has 0 amide bonds. The zero-order valence-corrected chi connectivity index (χ0v) is 8.64. The lowest BCUT2D eigenvalue weighted by Gasteiger charge is -2.13. The molecule has 0 aliphatic heterocycles. The summed E-state index contributed by atoms with van der Waals surface area (Å²) in [4.78, 5) is 22.6. The van der Waals surface area contributed by atoms with E-state index in [1.54, 1.807) is 13.0 Å². The standard InChI is InChI=1S/C10H13NO4/c1-3-7(10(13)14)11-6-4-5-8(15-2)9(11)12/h4-7H,3H2,1-2H3,(H,13,14). The highest BCUT2D eigenvalue weighted by molar-refractivity contribution is 5.71. The lowest BCUT2D eigenvalue weighted by atomic mass is 10.2. The van der Waals surface area contributed by atoms with Crippen molar-refractivity contribution in [2.24, 2.45) is 0 Å². The van der Waals surface area contributed by atoms with Crippen molar-refractivity contribution in [2.45, 2.75) is 19.4 Å². The summed E-state index contributed by atoms with van der Waals surface area (Å²) in [6, 6.07) is 2.26. The van der Waals surface area contributed by atoms with Gasteiger partial charge < -0.3 is 9.84 Å². The number of carbonyl (C=O) groups is 1. The first kappa shape index (κ1) is 11.3. The average Bonchev–Trinajstić information content (AvgIpc) is 2.21. The van der Waals surface area contributed by atoms with Gasteiger partial charge in [0.2, 0.25) is 0 Å². The minimum Gasteiger partial charge on any atom is -0.491 e. The number of hydrogen-bond acceptors (Lipinski definition) is 3. The Morgan fingerprint density at radius 1 is 1.67 bits per heavy atom. The van der Waals surface area contributed by atoms with Crippen molar-refractivity contribution < 1.29 is 14.6 Å². The molecule has 1 aromatic rings. The Morgan fingerprint density at radius 2 is 2.33 bits per heavy atom. The normalized spacial score (nSPS) is 12.1. The second-order valence-electron chi connectivity index (χ2n) is 3.05. The second kappa shape index (κ2) is 4.63. The first-order chi connectivity index (χ1) is 7.11. The lowest BCUT2D eigenvalue weighted by molar-refractivity contribution is -0.141. The number of carboxylic acids is 1. The Hall–Kier alpha value is -1.78. The lowest BCUT2D eigenvalue weighted by Crippen LogP contribution is -2.29. The highest BCUT2D eigenvalue weighted by Gasteiger charge is 2.19. The molecule has 1 N–H and O–H groups in total.